The van der Waals surface area contributed by atoms with Crippen LogP contribution in [0.2, 0.25) is 0 Å². The van der Waals surface area contributed by atoms with Crippen molar-refractivity contribution in [2.24, 2.45) is 0 Å². The first-order valence-electron chi connectivity index (χ1n) is 6.52. The number of methoxy groups -OCH3 is 1. The molecule has 0 radical (unpaired) electrons. The number of hydrogen-bond acceptors (Lipinski definition) is 3. The highest BCUT2D eigenvalue weighted by Crippen LogP contribution is 2.32. The monoisotopic (exact) mass is 232 g/mol. The molecule has 0 aromatic heterocycles. The van der Waals surface area contributed by atoms with E-state index in [-0.39, 0.29) is 0 Å². The van der Waals surface area contributed by atoms with E-state index in [0.717, 1.165) is 18.8 Å². The third kappa shape index (κ3) is 2.12. The van der Waals surface area contributed by atoms with Gasteiger partial charge in [-0.1, -0.05) is 6.07 Å². The Morgan fingerprint density at radius 2 is 2.41 bits per heavy atom. The molecule has 0 unspecified atom stereocenters. The average molecular weight is 232 g/mol. The number of ether oxygens (including phenoxy) is 1. The Labute approximate surface area is 103 Å². The van der Waals surface area contributed by atoms with Crippen LogP contribution in [0.25, 0.3) is 0 Å². The number of fused-ring (bicyclic) bond motifs is 1. The molecule has 1 aromatic carbocycles. The number of hydrogen-bond donors (Lipinski definition) is 1. The van der Waals surface area contributed by atoms with Crippen molar-refractivity contribution >= 4 is 5.69 Å². The quantitative estimate of drug-likeness (QED) is 0.860. The number of nitrogens with one attached hydrogen (secondary N) is 1. The van der Waals surface area contributed by atoms with Gasteiger partial charge < -0.3 is 15.0 Å². The maximum absolute atomic E-state index is 5.32. The van der Waals surface area contributed by atoms with Crippen molar-refractivity contribution < 1.29 is 4.74 Å². The van der Waals surface area contributed by atoms with Crippen LogP contribution in [-0.4, -0.2) is 32.8 Å². The molecule has 2 aliphatic heterocycles. The van der Waals surface area contributed by atoms with Crippen LogP contribution in [0.3, 0.4) is 0 Å². The van der Waals surface area contributed by atoms with Crippen molar-refractivity contribution in [1.82, 2.24) is 5.32 Å². The van der Waals surface area contributed by atoms with E-state index < -0.39 is 0 Å². The average Bonchev–Trinajstić information content (AvgIpc) is 2.99. The lowest BCUT2D eigenvalue weighted by atomic mass is 10.1. The Morgan fingerprint density at radius 3 is 3.18 bits per heavy atom. The zero-order valence-electron chi connectivity index (χ0n) is 10.4. The fourth-order valence-electron chi connectivity index (χ4n) is 2.92. The number of anilines is 1. The van der Waals surface area contributed by atoms with Crippen LogP contribution >= 0.6 is 0 Å². The van der Waals surface area contributed by atoms with Gasteiger partial charge in [0.25, 0.3) is 0 Å². The molecule has 1 fully saturated rings. The van der Waals surface area contributed by atoms with Crippen molar-refractivity contribution in [3.8, 4) is 5.75 Å². The molecule has 2 heterocycles. The van der Waals surface area contributed by atoms with Crippen LogP contribution in [0.4, 0.5) is 5.69 Å². The summed E-state index contributed by atoms with van der Waals surface area (Å²) in [5, 5.41) is 3.57. The summed E-state index contributed by atoms with van der Waals surface area (Å²) in [7, 11) is 1.74. The normalized spacial score (nSPS) is 22.9. The fourth-order valence-corrected chi connectivity index (χ4v) is 2.92. The van der Waals surface area contributed by atoms with Crippen molar-refractivity contribution in [3.63, 3.8) is 0 Å². The van der Waals surface area contributed by atoms with Crippen LogP contribution in [0.5, 0.6) is 5.75 Å². The molecule has 3 nitrogen and oxygen atoms in total. The molecule has 92 valence electrons. The van der Waals surface area contributed by atoms with E-state index in [1.54, 1.807) is 7.11 Å². The third-order valence-electron chi connectivity index (χ3n) is 3.89. The number of nitrogens with zero attached hydrogens (tertiary/aromatic N) is 1. The van der Waals surface area contributed by atoms with Crippen LogP contribution in [0, 0.1) is 0 Å². The first kappa shape index (κ1) is 10.9. The lowest BCUT2D eigenvalue weighted by Gasteiger charge is -2.23. The Bertz CT molecular complexity index is 399. The Kier molecular flexibility index (Phi) is 2.93. The van der Waals surface area contributed by atoms with E-state index in [0.29, 0.717) is 6.04 Å². The van der Waals surface area contributed by atoms with Gasteiger partial charge in [-0.15, -0.1) is 0 Å². The summed E-state index contributed by atoms with van der Waals surface area (Å²) in [5.41, 5.74) is 2.84. The molecule has 3 heteroatoms. The van der Waals surface area contributed by atoms with Gasteiger partial charge in [0.05, 0.1) is 7.11 Å². The topological polar surface area (TPSA) is 24.5 Å². The highest BCUT2D eigenvalue weighted by molar-refractivity contribution is 5.61. The van der Waals surface area contributed by atoms with Gasteiger partial charge in [0.1, 0.15) is 5.75 Å². The van der Waals surface area contributed by atoms with Gasteiger partial charge in [-0.05, 0) is 37.4 Å². The zero-order chi connectivity index (χ0) is 11.7. The predicted molar refractivity (Wildman–Crippen MR) is 69.9 cm³/mol. The highest BCUT2D eigenvalue weighted by Gasteiger charge is 2.23. The summed E-state index contributed by atoms with van der Waals surface area (Å²) in [5.74, 6) is 0.968. The molecule has 0 bridgehead atoms. The second-order valence-corrected chi connectivity index (χ2v) is 4.98. The van der Waals surface area contributed by atoms with Crippen molar-refractivity contribution in [2.75, 3.05) is 31.6 Å². The van der Waals surface area contributed by atoms with Gasteiger partial charge in [-0.2, -0.15) is 0 Å². The van der Waals surface area contributed by atoms with Crippen molar-refractivity contribution in [3.05, 3.63) is 23.8 Å². The summed E-state index contributed by atoms with van der Waals surface area (Å²) in [6.45, 7) is 3.48. The third-order valence-corrected chi connectivity index (χ3v) is 3.89. The van der Waals surface area contributed by atoms with Gasteiger partial charge in [0.2, 0.25) is 0 Å². The first-order chi connectivity index (χ1) is 8.36. The lowest BCUT2D eigenvalue weighted by molar-refractivity contribution is 0.415. The molecule has 0 saturated carbocycles. The predicted octanol–water partition coefficient (Wildman–Crippen LogP) is 1.81. The minimum absolute atomic E-state index is 0.673. The van der Waals surface area contributed by atoms with Gasteiger partial charge in [-0.25, -0.2) is 0 Å². The molecule has 1 N–H and O–H groups in total. The maximum atomic E-state index is 5.32. The molecule has 17 heavy (non-hydrogen) atoms. The molecule has 0 spiro atoms. The Balaban J connectivity index is 1.76. The second kappa shape index (κ2) is 4.57. The highest BCUT2D eigenvalue weighted by atomic mass is 16.5. The molecular formula is C14H20N2O. The van der Waals surface area contributed by atoms with E-state index in [1.807, 2.05) is 0 Å². The second-order valence-electron chi connectivity index (χ2n) is 4.98. The van der Waals surface area contributed by atoms with E-state index in [9.17, 15) is 0 Å². The molecule has 1 saturated heterocycles. The molecule has 2 aliphatic rings. The first-order valence-corrected chi connectivity index (χ1v) is 6.52. The molecular weight excluding hydrogens is 212 g/mol. The molecule has 3 rings (SSSR count). The van der Waals surface area contributed by atoms with E-state index in [4.69, 9.17) is 4.74 Å². The molecule has 1 aromatic rings. The van der Waals surface area contributed by atoms with Gasteiger partial charge in [0, 0.05) is 30.9 Å². The van der Waals surface area contributed by atoms with Crippen LogP contribution in [0.15, 0.2) is 18.2 Å². The van der Waals surface area contributed by atoms with Crippen LogP contribution < -0.4 is 15.0 Å². The van der Waals surface area contributed by atoms with Gasteiger partial charge in [0.15, 0.2) is 0 Å². The van der Waals surface area contributed by atoms with Crippen LogP contribution in [-0.2, 0) is 6.42 Å². The summed E-state index contributed by atoms with van der Waals surface area (Å²) >= 11 is 0. The van der Waals surface area contributed by atoms with Crippen molar-refractivity contribution in [2.45, 2.75) is 25.3 Å². The molecule has 0 aliphatic carbocycles. The Hall–Kier alpha value is -1.22. The number of benzene rings is 1. The smallest absolute Gasteiger partial charge is 0.120 e. The van der Waals surface area contributed by atoms with E-state index in [2.05, 4.69) is 28.4 Å². The Morgan fingerprint density at radius 1 is 1.47 bits per heavy atom. The van der Waals surface area contributed by atoms with Gasteiger partial charge in [-0.3, -0.25) is 0 Å². The summed E-state index contributed by atoms with van der Waals surface area (Å²) in [6, 6.07) is 7.12. The SMILES string of the molecule is COc1ccc2c(c1)N(C[C@@H]1CCCN1)CC2. The minimum atomic E-state index is 0.673. The summed E-state index contributed by atoms with van der Waals surface area (Å²) in [6.07, 6.45) is 3.81. The zero-order valence-corrected chi connectivity index (χ0v) is 10.4. The lowest BCUT2D eigenvalue weighted by Crippen LogP contribution is -2.36. The number of rotatable bonds is 3. The minimum Gasteiger partial charge on any atom is -0.497 e. The van der Waals surface area contributed by atoms with Crippen LogP contribution in [0.1, 0.15) is 18.4 Å². The largest absolute Gasteiger partial charge is 0.497 e. The van der Waals surface area contributed by atoms with E-state index >= 15 is 0 Å². The molecule has 0 amide bonds. The maximum Gasteiger partial charge on any atom is 0.120 e. The van der Waals surface area contributed by atoms with Crippen molar-refractivity contribution in [1.29, 1.82) is 0 Å². The standard InChI is InChI=1S/C14H20N2O/c1-17-13-5-4-11-6-8-16(14(11)9-13)10-12-3-2-7-15-12/h4-5,9,12,15H,2-3,6-8,10H2,1H3/t12-/m0/s1. The summed E-state index contributed by atoms with van der Waals surface area (Å²) in [4.78, 5) is 2.50. The fraction of sp³-hybridized carbons (Fsp3) is 0.571. The molecule has 1 atom stereocenters. The van der Waals surface area contributed by atoms with Gasteiger partial charge >= 0.3 is 0 Å². The van der Waals surface area contributed by atoms with E-state index in [1.165, 1.54) is 37.1 Å². The summed E-state index contributed by atoms with van der Waals surface area (Å²) < 4.78 is 5.32.